The summed E-state index contributed by atoms with van der Waals surface area (Å²) in [6.45, 7) is 2.37. The Morgan fingerprint density at radius 1 is 1.29 bits per heavy atom. The van der Waals surface area contributed by atoms with Crippen LogP contribution in [0.3, 0.4) is 0 Å². The zero-order chi connectivity index (χ0) is 14.9. The van der Waals surface area contributed by atoms with Crippen molar-refractivity contribution in [3.05, 3.63) is 33.3 Å². The summed E-state index contributed by atoms with van der Waals surface area (Å²) in [6, 6.07) is 5.92. The van der Waals surface area contributed by atoms with Crippen molar-refractivity contribution in [2.75, 3.05) is 19.8 Å². The Labute approximate surface area is 139 Å². The summed E-state index contributed by atoms with van der Waals surface area (Å²) in [5.74, 6) is 0.413. The van der Waals surface area contributed by atoms with E-state index in [-0.39, 0.29) is 11.6 Å². The van der Waals surface area contributed by atoms with Crippen LogP contribution in [0.25, 0.3) is 0 Å². The van der Waals surface area contributed by atoms with Gasteiger partial charge in [0.1, 0.15) is 0 Å². The van der Waals surface area contributed by atoms with Gasteiger partial charge in [-0.25, -0.2) is 0 Å². The Morgan fingerprint density at radius 2 is 2.05 bits per heavy atom. The van der Waals surface area contributed by atoms with Crippen LogP contribution in [0.15, 0.2) is 22.7 Å². The zero-order valence-corrected chi connectivity index (χ0v) is 14.3. The monoisotopic (exact) mass is 373 g/mol. The molecule has 1 spiro atoms. The number of hydrogen-bond acceptors (Lipinski definition) is 3. The molecule has 0 aromatic heterocycles. The molecule has 2 saturated heterocycles. The van der Waals surface area contributed by atoms with E-state index < -0.39 is 0 Å². The van der Waals surface area contributed by atoms with Gasteiger partial charge in [-0.05, 0) is 49.3 Å². The van der Waals surface area contributed by atoms with Gasteiger partial charge in [0.05, 0.1) is 5.60 Å². The zero-order valence-electron chi connectivity index (χ0n) is 12.0. The third kappa shape index (κ3) is 3.45. The molecular formula is C16H21BrClNO2. The summed E-state index contributed by atoms with van der Waals surface area (Å²) in [6.07, 6.45) is 3.95. The van der Waals surface area contributed by atoms with Gasteiger partial charge in [-0.1, -0.05) is 33.6 Å². The molecular weight excluding hydrogens is 354 g/mol. The largest absolute Gasteiger partial charge is 0.381 e. The van der Waals surface area contributed by atoms with Gasteiger partial charge in [0, 0.05) is 35.4 Å². The van der Waals surface area contributed by atoms with E-state index in [1.807, 2.05) is 18.2 Å². The molecule has 2 N–H and O–H groups in total. The minimum Gasteiger partial charge on any atom is -0.381 e. The Balaban J connectivity index is 1.76. The van der Waals surface area contributed by atoms with Gasteiger partial charge in [0.25, 0.3) is 0 Å². The summed E-state index contributed by atoms with van der Waals surface area (Å²) < 4.78 is 12.6. The second-order valence-electron chi connectivity index (χ2n) is 6.09. The molecule has 2 aliphatic heterocycles. The van der Waals surface area contributed by atoms with Crippen LogP contribution >= 0.6 is 27.5 Å². The van der Waals surface area contributed by atoms with E-state index in [4.69, 9.17) is 26.8 Å². The Kier molecular flexibility index (Phi) is 4.91. The lowest BCUT2D eigenvalue weighted by Gasteiger charge is -2.44. The number of nitrogens with two attached hydrogens (primary N) is 1. The van der Waals surface area contributed by atoms with E-state index in [9.17, 15) is 0 Å². The molecule has 2 atom stereocenters. The lowest BCUT2D eigenvalue weighted by atomic mass is 9.76. The van der Waals surface area contributed by atoms with Crippen molar-refractivity contribution in [1.29, 1.82) is 0 Å². The standard InChI is InChI=1S/C16H21BrClNO2/c17-12-1-2-13(14(18)9-12)15(19)11-3-6-21-16(10-11)4-7-20-8-5-16/h1-2,9,11,15H,3-8,10,19H2. The summed E-state index contributed by atoms with van der Waals surface area (Å²) in [5.41, 5.74) is 7.53. The Bertz CT molecular complexity index is 500. The molecule has 2 aliphatic rings. The molecule has 2 fully saturated rings. The average Bonchev–Trinajstić information content (AvgIpc) is 2.47. The smallest absolute Gasteiger partial charge is 0.0729 e. The lowest BCUT2D eigenvalue weighted by Crippen LogP contribution is -2.46. The van der Waals surface area contributed by atoms with Crippen molar-refractivity contribution in [2.45, 2.75) is 37.3 Å². The molecule has 3 nitrogen and oxygen atoms in total. The molecule has 0 bridgehead atoms. The lowest BCUT2D eigenvalue weighted by molar-refractivity contribution is -0.149. The van der Waals surface area contributed by atoms with Crippen LogP contribution in [0.4, 0.5) is 0 Å². The van der Waals surface area contributed by atoms with E-state index >= 15 is 0 Å². The van der Waals surface area contributed by atoms with Crippen LogP contribution in [0.5, 0.6) is 0 Å². The predicted octanol–water partition coefficient (Wildman–Crippen LogP) is 4.08. The second kappa shape index (κ2) is 6.55. The number of hydrogen-bond donors (Lipinski definition) is 1. The summed E-state index contributed by atoms with van der Waals surface area (Å²) in [5, 5.41) is 0.740. The minimum absolute atomic E-state index is 0.0272. The molecule has 2 heterocycles. The van der Waals surface area contributed by atoms with Crippen LogP contribution < -0.4 is 5.73 Å². The van der Waals surface area contributed by atoms with Crippen molar-refractivity contribution in [3.8, 4) is 0 Å². The highest BCUT2D eigenvalue weighted by molar-refractivity contribution is 9.10. The molecule has 0 radical (unpaired) electrons. The number of rotatable bonds is 2. The second-order valence-corrected chi connectivity index (χ2v) is 7.41. The Hall–Kier alpha value is -0.130. The maximum Gasteiger partial charge on any atom is 0.0729 e. The fraction of sp³-hybridized carbons (Fsp3) is 0.625. The van der Waals surface area contributed by atoms with Crippen molar-refractivity contribution in [1.82, 2.24) is 0 Å². The molecule has 0 amide bonds. The van der Waals surface area contributed by atoms with Gasteiger partial charge in [0.2, 0.25) is 0 Å². The summed E-state index contributed by atoms with van der Waals surface area (Å²) in [7, 11) is 0. The van der Waals surface area contributed by atoms with E-state index in [0.717, 1.165) is 60.6 Å². The molecule has 116 valence electrons. The molecule has 21 heavy (non-hydrogen) atoms. The highest BCUT2D eigenvalue weighted by Crippen LogP contribution is 2.42. The Morgan fingerprint density at radius 3 is 2.76 bits per heavy atom. The highest BCUT2D eigenvalue weighted by atomic mass is 79.9. The number of ether oxygens (including phenoxy) is 2. The van der Waals surface area contributed by atoms with Crippen LogP contribution in [0, 0.1) is 5.92 Å². The van der Waals surface area contributed by atoms with Crippen LogP contribution in [0.2, 0.25) is 5.02 Å². The molecule has 0 aliphatic carbocycles. The van der Waals surface area contributed by atoms with Crippen LogP contribution in [0.1, 0.15) is 37.3 Å². The molecule has 2 unspecified atom stereocenters. The van der Waals surface area contributed by atoms with E-state index in [1.165, 1.54) is 0 Å². The molecule has 0 saturated carbocycles. The highest BCUT2D eigenvalue weighted by Gasteiger charge is 2.41. The molecule has 5 heteroatoms. The van der Waals surface area contributed by atoms with Crippen molar-refractivity contribution < 1.29 is 9.47 Å². The van der Waals surface area contributed by atoms with Crippen molar-refractivity contribution in [2.24, 2.45) is 11.7 Å². The fourth-order valence-electron chi connectivity index (χ4n) is 3.49. The van der Waals surface area contributed by atoms with Gasteiger partial charge in [-0.3, -0.25) is 0 Å². The van der Waals surface area contributed by atoms with Gasteiger partial charge in [-0.2, -0.15) is 0 Å². The van der Waals surface area contributed by atoms with Gasteiger partial charge in [0.15, 0.2) is 0 Å². The topological polar surface area (TPSA) is 44.5 Å². The van der Waals surface area contributed by atoms with E-state index in [1.54, 1.807) is 0 Å². The van der Waals surface area contributed by atoms with E-state index in [2.05, 4.69) is 15.9 Å². The first-order valence-electron chi connectivity index (χ1n) is 7.52. The van der Waals surface area contributed by atoms with Gasteiger partial charge >= 0.3 is 0 Å². The maximum absolute atomic E-state index is 6.52. The van der Waals surface area contributed by atoms with Gasteiger partial charge in [-0.15, -0.1) is 0 Å². The van der Waals surface area contributed by atoms with E-state index in [0.29, 0.717) is 5.92 Å². The molecule has 1 aromatic carbocycles. The first-order chi connectivity index (χ1) is 10.1. The van der Waals surface area contributed by atoms with Crippen LogP contribution in [-0.4, -0.2) is 25.4 Å². The van der Waals surface area contributed by atoms with Gasteiger partial charge < -0.3 is 15.2 Å². The normalized spacial score (nSPS) is 26.7. The quantitative estimate of drug-likeness (QED) is 0.848. The third-order valence-corrected chi connectivity index (χ3v) is 5.59. The van der Waals surface area contributed by atoms with Crippen LogP contribution in [-0.2, 0) is 9.47 Å². The fourth-order valence-corrected chi connectivity index (χ4v) is 4.29. The summed E-state index contributed by atoms with van der Waals surface area (Å²) >= 11 is 9.80. The first-order valence-corrected chi connectivity index (χ1v) is 8.69. The molecule has 1 aromatic rings. The predicted molar refractivity (Wildman–Crippen MR) is 87.5 cm³/mol. The number of halogens is 2. The third-order valence-electron chi connectivity index (χ3n) is 4.76. The number of benzene rings is 1. The minimum atomic E-state index is -0.0331. The molecule has 3 rings (SSSR count). The van der Waals surface area contributed by atoms with Crippen molar-refractivity contribution in [3.63, 3.8) is 0 Å². The summed E-state index contributed by atoms with van der Waals surface area (Å²) in [4.78, 5) is 0. The maximum atomic E-state index is 6.52. The first kappa shape index (κ1) is 15.8. The SMILES string of the molecule is NC(c1ccc(Br)cc1Cl)C1CCOC2(CCOCC2)C1. The van der Waals surface area contributed by atoms with Crippen molar-refractivity contribution >= 4 is 27.5 Å². The average molecular weight is 375 g/mol.